The highest BCUT2D eigenvalue weighted by Crippen LogP contribution is 2.55. The van der Waals surface area contributed by atoms with Crippen molar-refractivity contribution in [3.8, 4) is 45.0 Å². The Morgan fingerprint density at radius 1 is 0.380 bits per heavy atom. The molecule has 0 spiro atoms. The number of furan rings is 1. The number of hydrogen-bond acceptors (Lipinski definition) is 4. The van der Waals surface area contributed by atoms with E-state index in [0.29, 0.717) is 17.5 Å². The summed E-state index contributed by atoms with van der Waals surface area (Å²) in [5, 5.41) is 2.10. The summed E-state index contributed by atoms with van der Waals surface area (Å²) in [5.74, 6) is 1.93. The summed E-state index contributed by atoms with van der Waals surface area (Å²) in [7, 11) is 0. The Morgan fingerprint density at radius 3 is 1.60 bits per heavy atom. The topological polar surface area (TPSA) is 51.8 Å². The highest BCUT2D eigenvalue weighted by atomic mass is 16.3. The van der Waals surface area contributed by atoms with Crippen LogP contribution in [0.3, 0.4) is 0 Å². The number of para-hydroxylation sites is 1. The number of nitrogens with zero attached hydrogens (tertiary/aromatic N) is 3. The zero-order chi connectivity index (χ0) is 33.1. The Morgan fingerprint density at radius 2 is 0.900 bits per heavy atom. The SMILES string of the molecule is c1ccc(-c2ccc(C3(c4nc(-c5ccccc5)nc(-c5ccc6oc7ccccc7c6c5)n4)c4ccccc4-c4ccccc43)cc2)cc1. The molecule has 50 heavy (non-hydrogen) atoms. The Balaban J connectivity index is 1.27. The first-order valence-corrected chi connectivity index (χ1v) is 16.9. The van der Waals surface area contributed by atoms with Gasteiger partial charge in [-0.15, -0.1) is 0 Å². The molecule has 0 amide bonds. The van der Waals surface area contributed by atoms with Crippen LogP contribution in [0, 0.1) is 0 Å². The van der Waals surface area contributed by atoms with E-state index in [1.807, 2.05) is 42.5 Å². The lowest BCUT2D eigenvalue weighted by atomic mass is 9.71. The smallest absolute Gasteiger partial charge is 0.163 e. The van der Waals surface area contributed by atoms with Gasteiger partial charge in [0, 0.05) is 21.9 Å². The van der Waals surface area contributed by atoms with Crippen LogP contribution in [0.2, 0.25) is 0 Å². The standard InChI is InChI=1S/C46H29N3O/c1-3-13-30(14-4-1)31-23-26-34(27-24-31)46(39-20-10-7-17-35(39)36-18-8-11-21-40(36)46)45-48-43(32-15-5-2-6-16-32)47-44(49-45)33-25-28-42-38(29-33)37-19-9-12-22-41(37)50-42/h1-29H. The van der Waals surface area contributed by atoms with Crippen LogP contribution in [-0.4, -0.2) is 15.0 Å². The minimum atomic E-state index is -0.796. The van der Waals surface area contributed by atoms with E-state index in [-0.39, 0.29) is 0 Å². The highest BCUT2D eigenvalue weighted by molar-refractivity contribution is 6.06. The van der Waals surface area contributed by atoms with E-state index in [2.05, 4.69) is 133 Å². The molecule has 1 aliphatic carbocycles. The van der Waals surface area contributed by atoms with Gasteiger partial charge in [0.25, 0.3) is 0 Å². The first-order valence-electron chi connectivity index (χ1n) is 16.9. The van der Waals surface area contributed by atoms with Crippen LogP contribution in [0.15, 0.2) is 180 Å². The molecule has 0 fully saturated rings. The molecule has 1 aliphatic rings. The van der Waals surface area contributed by atoms with E-state index in [9.17, 15) is 0 Å². The summed E-state index contributed by atoms with van der Waals surface area (Å²) in [6, 6.07) is 61.4. The number of fused-ring (bicyclic) bond motifs is 6. The van der Waals surface area contributed by atoms with Gasteiger partial charge in [-0.05, 0) is 63.2 Å². The number of rotatable bonds is 5. The third kappa shape index (κ3) is 4.28. The minimum absolute atomic E-state index is 0.614. The van der Waals surface area contributed by atoms with Gasteiger partial charge >= 0.3 is 0 Å². The second-order valence-electron chi connectivity index (χ2n) is 12.8. The summed E-state index contributed by atoms with van der Waals surface area (Å²) >= 11 is 0. The molecule has 4 nitrogen and oxygen atoms in total. The lowest BCUT2D eigenvalue weighted by molar-refractivity contribution is 0.669. The first kappa shape index (κ1) is 28.4. The molecular weight excluding hydrogens is 611 g/mol. The fourth-order valence-electron chi connectivity index (χ4n) is 7.71. The van der Waals surface area contributed by atoms with Gasteiger partial charge in [-0.25, -0.2) is 15.0 Å². The van der Waals surface area contributed by atoms with Crippen molar-refractivity contribution in [2.75, 3.05) is 0 Å². The van der Waals surface area contributed by atoms with Crippen LogP contribution in [0.25, 0.3) is 67.0 Å². The first-order chi connectivity index (χ1) is 24.8. The molecule has 0 unspecified atom stereocenters. The fourth-order valence-corrected chi connectivity index (χ4v) is 7.71. The van der Waals surface area contributed by atoms with Gasteiger partial charge in [-0.3, -0.25) is 0 Å². The third-order valence-corrected chi connectivity index (χ3v) is 10.0. The Hall–Kier alpha value is -6.65. The average molecular weight is 640 g/mol. The maximum Gasteiger partial charge on any atom is 0.163 e. The second kappa shape index (κ2) is 11.2. The van der Waals surface area contributed by atoms with Crippen molar-refractivity contribution in [3.05, 3.63) is 198 Å². The molecule has 4 heteroatoms. The highest BCUT2D eigenvalue weighted by Gasteiger charge is 2.48. The molecule has 234 valence electrons. The van der Waals surface area contributed by atoms with Crippen molar-refractivity contribution in [2.45, 2.75) is 5.41 Å². The van der Waals surface area contributed by atoms with Gasteiger partial charge in [-0.1, -0.05) is 152 Å². The Labute approximate surface area is 289 Å². The van der Waals surface area contributed by atoms with Crippen molar-refractivity contribution >= 4 is 21.9 Å². The zero-order valence-corrected chi connectivity index (χ0v) is 27.0. The van der Waals surface area contributed by atoms with Gasteiger partial charge in [0.1, 0.15) is 16.6 Å². The molecule has 7 aromatic carbocycles. The van der Waals surface area contributed by atoms with E-state index in [1.165, 1.54) is 16.7 Å². The summed E-state index contributed by atoms with van der Waals surface area (Å²) in [6.07, 6.45) is 0. The summed E-state index contributed by atoms with van der Waals surface area (Å²) in [4.78, 5) is 16.0. The van der Waals surface area contributed by atoms with E-state index in [1.54, 1.807) is 0 Å². The van der Waals surface area contributed by atoms with Crippen molar-refractivity contribution in [1.82, 2.24) is 15.0 Å². The molecule has 2 aromatic heterocycles. The molecule has 2 heterocycles. The number of aromatic nitrogens is 3. The van der Waals surface area contributed by atoms with E-state index in [0.717, 1.165) is 55.3 Å². The van der Waals surface area contributed by atoms with Crippen LogP contribution in [0.5, 0.6) is 0 Å². The number of hydrogen-bond donors (Lipinski definition) is 0. The normalized spacial score (nSPS) is 13.0. The van der Waals surface area contributed by atoms with Gasteiger partial charge in [0.2, 0.25) is 0 Å². The fraction of sp³-hybridized carbons (Fsp3) is 0.0217. The lowest BCUT2D eigenvalue weighted by Crippen LogP contribution is -2.31. The summed E-state index contributed by atoms with van der Waals surface area (Å²) in [6.45, 7) is 0. The molecule has 9 aromatic rings. The van der Waals surface area contributed by atoms with Crippen molar-refractivity contribution in [3.63, 3.8) is 0 Å². The molecule has 0 atom stereocenters. The van der Waals surface area contributed by atoms with Crippen LogP contribution in [0.1, 0.15) is 22.5 Å². The average Bonchev–Trinajstić information content (AvgIpc) is 3.72. The van der Waals surface area contributed by atoms with Crippen molar-refractivity contribution < 1.29 is 4.42 Å². The van der Waals surface area contributed by atoms with Crippen molar-refractivity contribution in [1.29, 1.82) is 0 Å². The van der Waals surface area contributed by atoms with Gasteiger partial charge in [-0.2, -0.15) is 0 Å². The molecule has 0 aliphatic heterocycles. The lowest BCUT2D eigenvalue weighted by Gasteiger charge is -2.32. The maximum absolute atomic E-state index is 6.18. The molecule has 0 saturated heterocycles. The monoisotopic (exact) mass is 639 g/mol. The quantitative estimate of drug-likeness (QED) is 0.188. The van der Waals surface area contributed by atoms with E-state index < -0.39 is 5.41 Å². The maximum atomic E-state index is 6.18. The van der Waals surface area contributed by atoms with Crippen LogP contribution in [0.4, 0.5) is 0 Å². The molecule has 0 radical (unpaired) electrons. The summed E-state index contributed by atoms with van der Waals surface area (Å²) in [5.41, 5.74) is 10.8. The molecule has 10 rings (SSSR count). The molecule has 0 N–H and O–H groups in total. The van der Waals surface area contributed by atoms with Crippen LogP contribution in [-0.2, 0) is 5.41 Å². The van der Waals surface area contributed by atoms with Gasteiger partial charge in [0.05, 0.1) is 0 Å². The molecule has 0 bridgehead atoms. The van der Waals surface area contributed by atoms with Crippen molar-refractivity contribution in [2.24, 2.45) is 0 Å². The minimum Gasteiger partial charge on any atom is -0.456 e. The Kier molecular flexibility index (Phi) is 6.36. The Bertz CT molecular complexity index is 2650. The second-order valence-corrected chi connectivity index (χ2v) is 12.8. The predicted molar refractivity (Wildman–Crippen MR) is 201 cm³/mol. The number of benzene rings is 7. The third-order valence-electron chi connectivity index (χ3n) is 10.0. The van der Waals surface area contributed by atoms with E-state index >= 15 is 0 Å². The van der Waals surface area contributed by atoms with Crippen LogP contribution < -0.4 is 0 Å². The largest absolute Gasteiger partial charge is 0.456 e. The molecular formula is C46H29N3O. The zero-order valence-electron chi connectivity index (χ0n) is 27.0. The van der Waals surface area contributed by atoms with Gasteiger partial charge < -0.3 is 4.42 Å². The predicted octanol–water partition coefficient (Wildman–Crippen LogP) is 11.1. The van der Waals surface area contributed by atoms with E-state index in [4.69, 9.17) is 19.4 Å². The van der Waals surface area contributed by atoms with Crippen LogP contribution >= 0.6 is 0 Å². The summed E-state index contributed by atoms with van der Waals surface area (Å²) < 4.78 is 6.18. The molecule has 0 saturated carbocycles. The van der Waals surface area contributed by atoms with Gasteiger partial charge in [0.15, 0.2) is 17.5 Å².